The smallest absolute Gasteiger partial charge is 0.409 e. The number of likely N-dealkylation sites (tertiary alicyclic amines) is 1. The topological polar surface area (TPSA) is 91.1 Å². The van der Waals surface area contributed by atoms with E-state index < -0.39 is 5.69 Å². The van der Waals surface area contributed by atoms with Gasteiger partial charge in [-0.15, -0.1) is 0 Å². The number of fused-ring (bicyclic) bond motifs is 1. The number of nitrogens with zero attached hydrogens (tertiary/aromatic N) is 4. The number of benzene rings is 1. The third kappa shape index (κ3) is 3.06. The highest BCUT2D eigenvalue weighted by Crippen LogP contribution is 2.15. The number of rotatable bonds is 3. The maximum absolute atomic E-state index is 12.0. The summed E-state index contributed by atoms with van der Waals surface area (Å²) in [6.07, 6.45) is 1.93. The van der Waals surface area contributed by atoms with E-state index >= 15 is 0 Å². The molecule has 1 fully saturated rings. The summed E-state index contributed by atoms with van der Waals surface area (Å²) in [6.45, 7) is 3.05. The molecular formula is C14H18ClN5O2. The zero-order valence-electron chi connectivity index (χ0n) is 12.1. The number of nitrogens with two attached hydrogens (primary N) is 1. The molecule has 0 bridgehead atoms. The van der Waals surface area contributed by atoms with Crippen LogP contribution in [-0.4, -0.2) is 40.2 Å². The molecule has 1 aromatic carbocycles. The Bertz CT molecular complexity index is 740. The summed E-state index contributed by atoms with van der Waals surface area (Å²) in [6, 6.07) is 5.09. The van der Waals surface area contributed by atoms with Crippen molar-refractivity contribution in [2.24, 2.45) is 5.73 Å². The van der Waals surface area contributed by atoms with E-state index in [2.05, 4.69) is 10.00 Å². The third-order valence-corrected chi connectivity index (χ3v) is 4.35. The van der Waals surface area contributed by atoms with Crippen molar-refractivity contribution in [3.05, 3.63) is 38.9 Å². The van der Waals surface area contributed by atoms with Crippen LogP contribution < -0.4 is 16.3 Å². The van der Waals surface area contributed by atoms with Gasteiger partial charge in [0.2, 0.25) is 0 Å². The zero-order chi connectivity index (χ0) is 15.7. The first kappa shape index (κ1) is 15.2. The second-order valence-corrected chi connectivity index (χ2v) is 6.06. The second-order valence-electron chi connectivity index (χ2n) is 5.62. The summed E-state index contributed by atoms with van der Waals surface area (Å²) < 4.78 is 1.50. The van der Waals surface area contributed by atoms with Gasteiger partial charge in [-0.3, -0.25) is 4.57 Å². The van der Waals surface area contributed by atoms with Gasteiger partial charge in [-0.2, -0.15) is 0 Å². The first-order valence-corrected chi connectivity index (χ1v) is 7.70. The fourth-order valence-electron chi connectivity index (χ4n) is 2.80. The van der Waals surface area contributed by atoms with Crippen LogP contribution in [0.5, 0.6) is 0 Å². The van der Waals surface area contributed by atoms with Gasteiger partial charge in [0.25, 0.3) is 5.52 Å². The van der Waals surface area contributed by atoms with Crippen molar-refractivity contribution in [3.8, 4) is 0 Å². The molecule has 3 rings (SSSR count). The predicted molar refractivity (Wildman–Crippen MR) is 83.6 cm³/mol. The lowest BCUT2D eigenvalue weighted by molar-refractivity contribution is -0.645. The maximum Gasteiger partial charge on any atom is 0.409 e. The molecule has 0 unspecified atom stereocenters. The molecule has 8 heteroatoms. The third-order valence-electron chi connectivity index (χ3n) is 4.11. The molecule has 118 valence electrons. The van der Waals surface area contributed by atoms with Crippen LogP contribution >= 0.6 is 11.6 Å². The Balaban J connectivity index is 1.87. The van der Waals surface area contributed by atoms with Crippen molar-refractivity contribution < 1.29 is 4.85 Å². The Morgan fingerprint density at radius 1 is 1.36 bits per heavy atom. The van der Waals surface area contributed by atoms with Gasteiger partial charge in [0.05, 0.1) is 5.10 Å². The molecule has 2 heterocycles. The monoisotopic (exact) mass is 323 g/mol. The first-order valence-electron chi connectivity index (χ1n) is 7.32. The molecule has 0 amide bonds. The minimum Gasteiger partial charge on any atom is -0.594 e. The Morgan fingerprint density at radius 3 is 2.82 bits per heavy atom. The molecule has 1 saturated heterocycles. The molecule has 22 heavy (non-hydrogen) atoms. The van der Waals surface area contributed by atoms with Gasteiger partial charge in [0.15, 0.2) is 0 Å². The average molecular weight is 324 g/mol. The number of piperidine rings is 1. The molecule has 0 saturated carbocycles. The minimum atomic E-state index is -0.557. The van der Waals surface area contributed by atoms with E-state index in [1.165, 1.54) is 4.57 Å². The Morgan fingerprint density at radius 2 is 2.09 bits per heavy atom. The van der Waals surface area contributed by atoms with Crippen LogP contribution in [0.4, 0.5) is 0 Å². The van der Waals surface area contributed by atoms with E-state index in [-0.39, 0.29) is 6.04 Å². The Labute approximate surface area is 132 Å². The lowest BCUT2D eigenvalue weighted by Gasteiger charge is -2.30. The Hall–Kier alpha value is -1.70. The second kappa shape index (κ2) is 6.20. The number of hydrogen-bond donors (Lipinski definition) is 1. The van der Waals surface area contributed by atoms with Gasteiger partial charge in [0.1, 0.15) is 5.52 Å². The summed E-state index contributed by atoms with van der Waals surface area (Å²) in [5.74, 6) is 0. The van der Waals surface area contributed by atoms with Crippen molar-refractivity contribution in [3.63, 3.8) is 0 Å². The molecule has 1 aromatic heterocycles. The van der Waals surface area contributed by atoms with Crippen molar-refractivity contribution in [2.75, 3.05) is 19.6 Å². The summed E-state index contributed by atoms with van der Waals surface area (Å²) >= 11 is 5.99. The van der Waals surface area contributed by atoms with Crippen LogP contribution in [-0.2, 0) is 6.54 Å². The molecule has 1 aliphatic rings. The van der Waals surface area contributed by atoms with Gasteiger partial charge in [-0.25, -0.2) is 4.79 Å². The van der Waals surface area contributed by atoms with Crippen LogP contribution in [0.3, 0.4) is 0 Å². The molecule has 2 aromatic rings. The molecule has 1 aliphatic heterocycles. The number of aromatic nitrogens is 3. The molecule has 0 atom stereocenters. The molecule has 2 N–H and O–H groups in total. The van der Waals surface area contributed by atoms with Crippen molar-refractivity contribution in [1.82, 2.24) is 14.6 Å². The average Bonchev–Trinajstić information content (AvgIpc) is 2.48. The van der Waals surface area contributed by atoms with Crippen LogP contribution in [0.15, 0.2) is 23.0 Å². The van der Waals surface area contributed by atoms with E-state index in [0.717, 1.165) is 32.5 Å². The van der Waals surface area contributed by atoms with Gasteiger partial charge in [0, 0.05) is 30.2 Å². The SMILES string of the molecule is NC1CCN(CCn2c(=O)n[n+]([O-])c3ccc(Cl)cc32)CC1. The standard InChI is InChI=1S/C14H18ClN5O2/c15-10-1-2-12-13(9-10)19(14(21)17-20(12)22)8-7-18-5-3-11(16)4-6-18/h1-2,9,11H,3-8,16H2. The van der Waals surface area contributed by atoms with Gasteiger partial charge < -0.3 is 15.8 Å². The fraction of sp³-hybridized carbons (Fsp3) is 0.500. The number of halogens is 1. The van der Waals surface area contributed by atoms with Crippen LogP contribution in [0, 0.1) is 5.21 Å². The molecular weight excluding hydrogens is 306 g/mol. The highest BCUT2D eigenvalue weighted by Gasteiger charge is 2.18. The van der Waals surface area contributed by atoms with Crippen molar-refractivity contribution in [1.29, 1.82) is 0 Å². The highest BCUT2D eigenvalue weighted by molar-refractivity contribution is 6.31. The first-order chi connectivity index (χ1) is 10.5. The van der Waals surface area contributed by atoms with Gasteiger partial charge >= 0.3 is 5.69 Å². The van der Waals surface area contributed by atoms with Crippen LogP contribution in [0.2, 0.25) is 5.02 Å². The van der Waals surface area contributed by atoms with Crippen LogP contribution in [0.1, 0.15) is 12.8 Å². The quantitative estimate of drug-likeness (QED) is 0.639. The van der Waals surface area contributed by atoms with Gasteiger partial charge in [-0.1, -0.05) is 11.6 Å². The molecule has 0 aliphatic carbocycles. The Kier molecular flexibility index (Phi) is 4.28. The number of hydrogen-bond acceptors (Lipinski definition) is 5. The normalized spacial score (nSPS) is 17.2. The fourth-order valence-corrected chi connectivity index (χ4v) is 2.96. The van der Waals surface area contributed by atoms with E-state index in [1.54, 1.807) is 18.2 Å². The van der Waals surface area contributed by atoms with Crippen LogP contribution in [0.25, 0.3) is 11.0 Å². The highest BCUT2D eigenvalue weighted by atomic mass is 35.5. The largest absolute Gasteiger partial charge is 0.594 e. The minimum absolute atomic E-state index is 0.274. The van der Waals surface area contributed by atoms with Gasteiger partial charge in [-0.05, 0) is 42.9 Å². The summed E-state index contributed by atoms with van der Waals surface area (Å²) in [5.41, 5.74) is 6.18. The van der Waals surface area contributed by atoms with E-state index in [0.29, 0.717) is 27.4 Å². The van der Waals surface area contributed by atoms with E-state index in [4.69, 9.17) is 17.3 Å². The predicted octanol–water partition coefficient (Wildman–Crippen LogP) is 0.106. The molecule has 7 nitrogen and oxygen atoms in total. The lowest BCUT2D eigenvalue weighted by atomic mass is 10.1. The molecule has 0 radical (unpaired) electrons. The zero-order valence-corrected chi connectivity index (χ0v) is 12.9. The molecule has 0 spiro atoms. The maximum atomic E-state index is 12.0. The summed E-state index contributed by atoms with van der Waals surface area (Å²) in [4.78, 5) is 14.7. The lowest BCUT2D eigenvalue weighted by Crippen LogP contribution is -2.45. The summed E-state index contributed by atoms with van der Waals surface area (Å²) in [5, 5.41) is 15.7. The summed E-state index contributed by atoms with van der Waals surface area (Å²) in [7, 11) is 0. The van der Waals surface area contributed by atoms with E-state index in [1.807, 2.05) is 0 Å². The van der Waals surface area contributed by atoms with Crippen molar-refractivity contribution in [2.45, 2.75) is 25.4 Å². The van der Waals surface area contributed by atoms with Crippen molar-refractivity contribution >= 4 is 22.6 Å². The van der Waals surface area contributed by atoms with E-state index in [9.17, 15) is 10.0 Å².